The number of fused-ring (bicyclic) bond motifs is 1. The van der Waals surface area contributed by atoms with Crippen LogP contribution in [-0.2, 0) is 17.6 Å². The van der Waals surface area contributed by atoms with Gasteiger partial charge in [-0.3, -0.25) is 4.79 Å². The minimum atomic E-state index is 0.0452. The van der Waals surface area contributed by atoms with E-state index in [1.54, 1.807) is 11.3 Å². The summed E-state index contributed by atoms with van der Waals surface area (Å²) in [5.41, 5.74) is 2.70. The van der Waals surface area contributed by atoms with Gasteiger partial charge in [0.1, 0.15) is 0 Å². The highest BCUT2D eigenvalue weighted by Gasteiger charge is 2.05. The van der Waals surface area contributed by atoms with E-state index in [0.29, 0.717) is 11.9 Å². The quantitative estimate of drug-likeness (QED) is 0.837. The summed E-state index contributed by atoms with van der Waals surface area (Å²) in [5, 5.41) is 6.79. The maximum absolute atomic E-state index is 11.1. The molecule has 0 saturated heterocycles. The number of hydrogen-bond acceptors (Lipinski definition) is 2. The van der Waals surface area contributed by atoms with Gasteiger partial charge in [0.15, 0.2) is 0 Å². The number of nitrogens with one attached hydrogen (secondary N) is 1. The van der Waals surface area contributed by atoms with Gasteiger partial charge in [0.25, 0.3) is 0 Å². The minimum absolute atomic E-state index is 0.0452. The van der Waals surface area contributed by atoms with E-state index in [4.69, 9.17) is 0 Å². The van der Waals surface area contributed by atoms with Gasteiger partial charge in [0, 0.05) is 11.2 Å². The summed E-state index contributed by atoms with van der Waals surface area (Å²) in [6.07, 6.45) is 1.96. The predicted octanol–water partition coefficient (Wildman–Crippen LogP) is 3.52. The average Bonchev–Trinajstić information content (AvgIpc) is 2.81. The molecule has 1 amide bonds. The Hall–Kier alpha value is -0.870. The van der Waals surface area contributed by atoms with Gasteiger partial charge in [0.2, 0.25) is 5.91 Å². The van der Waals surface area contributed by atoms with Crippen LogP contribution in [0, 0.1) is 0 Å². The Balaban J connectivity index is 2.10. The smallest absolute Gasteiger partial charge is 0.230 e. The molecule has 1 N–H and O–H groups in total. The van der Waals surface area contributed by atoms with Crippen molar-refractivity contribution in [2.24, 2.45) is 0 Å². The molecule has 2 nitrogen and oxygen atoms in total. The first kappa shape index (κ1) is 13.6. The number of halogens is 1. The Morgan fingerprint density at radius 1 is 1.44 bits per heavy atom. The van der Waals surface area contributed by atoms with E-state index >= 15 is 0 Å². The Morgan fingerprint density at radius 3 is 3.00 bits per heavy atom. The van der Waals surface area contributed by atoms with Gasteiger partial charge in [-0.2, -0.15) is 0 Å². The number of thiophene rings is 1. The van der Waals surface area contributed by atoms with Crippen LogP contribution in [0.4, 0.5) is 0 Å². The number of aryl methyl sites for hydroxylation is 1. The summed E-state index contributed by atoms with van der Waals surface area (Å²) in [6, 6.07) is 6.65. The molecule has 0 aliphatic carbocycles. The molecule has 1 aromatic heterocycles. The topological polar surface area (TPSA) is 29.1 Å². The first-order valence-electron chi connectivity index (χ1n) is 6.06. The summed E-state index contributed by atoms with van der Waals surface area (Å²) in [6.45, 7) is 2.87. The van der Waals surface area contributed by atoms with Crippen LogP contribution in [0.25, 0.3) is 10.1 Å². The van der Waals surface area contributed by atoms with Crippen LogP contribution in [0.3, 0.4) is 0 Å². The third kappa shape index (κ3) is 3.12. The molecule has 96 valence electrons. The normalized spacial score (nSPS) is 10.8. The van der Waals surface area contributed by atoms with Crippen LogP contribution in [0.2, 0.25) is 0 Å². The molecule has 4 heteroatoms. The second-order valence-corrected chi connectivity index (χ2v) is 5.65. The fourth-order valence-corrected chi connectivity index (χ4v) is 3.10. The molecule has 0 bridgehead atoms. The molecular weight excluding hydrogens is 310 g/mol. The fraction of sp³-hybridized carbons (Fsp3) is 0.357. The predicted molar refractivity (Wildman–Crippen MR) is 81.7 cm³/mol. The largest absolute Gasteiger partial charge is 0.355 e. The molecule has 1 heterocycles. The number of benzene rings is 1. The van der Waals surface area contributed by atoms with E-state index in [1.165, 1.54) is 21.2 Å². The molecule has 1 aromatic carbocycles. The number of carbonyl (C=O) groups excluding carboxylic acids is 1. The molecule has 0 aliphatic heterocycles. The Kier molecular flexibility index (Phi) is 4.78. The standard InChI is InChI=1S/C14H16BrNOS/c1-2-10-3-4-13-12(7-10)11(9-18-13)5-6-16-14(17)8-15/h3-4,7,9H,2,5-6,8H2,1H3,(H,16,17). The van der Waals surface area contributed by atoms with Gasteiger partial charge in [-0.1, -0.05) is 35.0 Å². The van der Waals surface area contributed by atoms with Crippen LogP contribution in [-0.4, -0.2) is 17.8 Å². The fourth-order valence-electron chi connectivity index (χ4n) is 1.93. The van der Waals surface area contributed by atoms with E-state index in [9.17, 15) is 4.79 Å². The maximum atomic E-state index is 11.1. The summed E-state index contributed by atoms with van der Waals surface area (Å²) in [4.78, 5) is 11.1. The highest BCUT2D eigenvalue weighted by molar-refractivity contribution is 9.09. The third-order valence-corrected chi connectivity index (χ3v) is 4.49. The highest BCUT2D eigenvalue weighted by atomic mass is 79.9. The van der Waals surface area contributed by atoms with Gasteiger partial charge in [-0.15, -0.1) is 11.3 Å². The van der Waals surface area contributed by atoms with Gasteiger partial charge in [-0.25, -0.2) is 0 Å². The van der Waals surface area contributed by atoms with Crippen molar-refractivity contribution in [3.05, 3.63) is 34.7 Å². The molecule has 0 radical (unpaired) electrons. The zero-order chi connectivity index (χ0) is 13.0. The number of amides is 1. The lowest BCUT2D eigenvalue weighted by molar-refractivity contribution is -0.118. The van der Waals surface area contributed by atoms with Crippen molar-refractivity contribution >= 4 is 43.3 Å². The minimum Gasteiger partial charge on any atom is -0.355 e. The van der Waals surface area contributed by atoms with Gasteiger partial charge in [-0.05, 0) is 40.8 Å². The summed E-state index contributed by atoms with van der Waals surface area (Å²) < 4.78 is 1.33. The Labute approximate surface area is 120 Å². The summed E-state index contributed by atoms with van der Waals surface area (Å²) in [5.74, 6) is 0.0452. The van der Waals surface area contributed by atoms with Crippen LogP contribution in [0.15, 0.2) is 23.6 Å². The second kappa shape index (κ2) is 6.34. The van der Waals surface area contributed by atoms with E-state index in [0.717, 1.165) is 12.8 Å². The molecule has 0 atom stereocenters. The van der Waals surface area contributed by atoms with E-state index in [-0.39, 0.29) is 5.91 Å². The van der Waals surface area contributed by atoms with Crippen LogP contribution in [0.1, 0.15) is 18.1 Å². The van der Waals surface area contributed by atoms with Crippen LogP contribution < -0.4 is 5.32 Å². The molecule has 0 aliphatic rings. The number of alkyl halides is 1. The lowest BCUT2D eigenvalue weighted by Crippen LogP contribution is -2.26. The number of hydrogen-bond donors (Lipinski definition) is 1. The highest BCUT2D eigenvalue weighted by Crippen LogP contribution is 2.27. The zero-order valence-electron chi connectivity index (χ0n) is 10.3. The van der Waals surface area contributed by atoms with E-state index in [1.807, 2.05) is 0 Å². The maximum Gasteiger partial charge on any atom is 0.230 e. The molecule has 0 spiro atoms. The summed E-state index contributed by atoms with van der Waals surface area (Å²) in [7, 11) is 0. The van der Waals surface area contributed by atoms with Crippen molar-refractivity contribution in [2.45, 2.75) is 19.8 Å². The SMILES string of the molecule is CCc1ccc2scc(CCNC(=O)CBr)c2c1. The monoisotopic (exact) mass is 325 g/mol. The van der Waals surface area contributed by atoms with E-state index < -0.39 is 0 Å². The van der Waals surface area contributed by atoms with Gasteiger partial charge >= 0.3 is 0 Å². The molecule has 18 heavy (non-hydrogen) atoms. The molecule has 2 rings (SSSR count). The van der Waals surface area contributed by atoms with Crippen molar-refractivity contribution < 1.29 is 4.79 Å². The third-order valence-electron chi connectivity index (χ3n) is 2.96. The first-order valence-corrected chi connectivity index (χ1v) is 8.06. The van der Waals surface area contributed by atoms with Crippen molar-refractivity contribution in [3.8, 4) is 0 Å². The Bertz CT molecular complexity index is 550. The van der Waals surface area contributed by atoms with Gasteiger partial charge < -0.3 is 5.32 Å². The lowest BCUT2D eigenvalue weighted by atomic mass is 10.1. The molecular formula is C14H16BrNOS. The number of carbonyl (C=O) groups is 1. The van der Waals surface area contributed by atoms with Crippen molar-refractivity contribution in [3.63, 3.8) is 0 Å². The molecule has 0 saturated carbocycles. The van der Waals surface area contributed by atoms with Crippen molar-refractivity contribution in [1.82, 2.24) is 5.32 Å². The summed E-state index contributed by atoms with van der Waals surface area (Å²) >= 11 is 4.92. The molecule has 0 unspecified atom stereocenters. The van der Waals surface area contributed by atoms with Crippen LogP contribution >= 0.6 is 27.3 Å². The van der Waals surface area contributed by atoms with Crippen molar-refractivity contribution in [1.29, 1.82) is 0 Å². The van der Waals surface area contributed by atoms with Crippen molar-refractivity contribution in [2.75, 3.05) is 11.9 Å². The molecule has 2 aromatic rings. The Morgan fingerprint density at radius 2 is 2.28 bits per heavy atom. The average molecular weight is 326 g/mol. The van der Waals surface area contributed by atoms with Gasteiger partial charge in [0.05, 0.1) is 5.33 Å². The number of rotatable bonds is 5. The molecule has 0 fully saturated rings. The van der Waals surface area contributed by atoms with Crippen LogP contribution in [0.5, 0.6) is 0 Å². The zero-order valence-corrected chi connectivity index (χ0v) is 12.7. The first-order chi connectivity index (χ1) is 8.74. The lowest BCUT2D eigenvalue weighted by Gasteiger charge is -2.03. The second-order valence-electron chi connectivity index (χ2n) is 4.18. The van der Waals surface area contributed by atoms with E-state index in [2.05, 4.69) is 51.7 Å².